The topological polar surface area (TPSA) is 32.3 Å². The lowest BCUT2D eigenvalue weighted by Crippen LogP contribution is -2.40. The van der Waals surface area contributed by atoms with E-state index in [1.807, 2.05) is 12.1 Å². The zero-order chi connectivity index (χ0) is 18.5. The van der Waals surface area contributed by atoms with E-state index >= 15 is 0 Å². The van der Waals surface area contributed by atoms with E-state index < -0.39 is 0 Å². The molecule has 3 nitrogen and oxygen atoms in total. The number of halogens is 3. The number of likely N-dealkylation sites (tertiary alicyclic amines) is 1. The first-order chi connectivity index (χ1) is 12.5. The fraction of sp³-hybridized carbons (Fsp3) is 0.350. The van der Waals surface area contributed by atoms with Gasteiger partial charge in [0, 0.05) is 34.6 Å². The number of hydrogen-bond acceptors (Lipinski definition) is 2. The average molecular weight is 395 g/mol. The molecular formula is C20H21Cl2FN2O. The van der Waals surface area contributed by atoms with Gasteiger partial charge in [-0.05, 0) is 49.7 Å². The fourth-order valence-corrected chi connectivity index (χ4v) is 3.68. The Balaban J connectivity index is 1.47. The molecule has 2 aromatic rings. The number of carbonyl (C=O) groups excluding carboxylic acids is 1. The van der Waals surface area contributed by atoms with Crippen molar-refractivity contribution in [2.24, 2.45) is 5.92 Å². The number of nitrogens with one attached hydrogen (secondary N) is 1. The molecule has 0 radical (unpaired) electrons. The molecule has 0 spiro atoms. The van der Waals surface area contributed by atoms with Gasteiger partial charge in [0.2, 0.25) is 5.91 Å². The van der Waals surface area contributed by atoms with Crippen molar-refractivity contribution >= 4 is 29.1 Å². The highest BCUT2D eigenvalue weighted by molar-refractivity contribution is 6.35. The second kappa shape index (κ2) is 8.85. The van der Waals surface area contributed by atoms with Crippen LogP contribution in [0.5, 0.6) is 0 Å². The third-order valence-electron chi connectivity index (χ3n) is 4.78. The molecule has 1 aliphatic rings. The Kier molecular flexibility index (Phi) is 6.52. The van der Waals surface area contributed by atoms with E-state index in [4.69, 9.17) is 23.2 Å². The summed E-state index contributed by atoms with van der Waals surface area (Å²) in [6.07, 6.45) is 1.57. The van der Waals surface area contributed by atoms with Crippen LogP contribution in [0.2, 0.25) is 10.0 Å². The highest BCUT2D eigenvalue weighted by Gasteiger charge is 2.25. The lowest BCUT2D eigenvalue weighted by molar-refractivity contribution is -0.126. The lowest BCUT2D eigenvalue weighted by atomic mass is 9.95. The van der Waals surface area contributed by atoms with E-state index in [0.29, 0.717) is 15.6 Å². The summed E-state index contributed by atoms with van der Waals surface area (Å²) in [6.45, 7) is 2.64. The minimum atomic E-state index is -0.289. The molecule has 0 bridgehead atoms. The molecule has 1 aliphatic heterocycles. The van der Waals surface area contributed by atoms with Crippen molar-refractivity contribution in [2.45, 2.75) is 25.9 Å². The van der Waals surface area contributed by atoms with Crippen molar-refractivity contribution in [1.82, 2.24) is 10.2 Å². The summed E-state index contributed by atoms with van der Waals surface area (Å²) >= 11 is 12.2. The lowest BCUT2D eigenvalue weighted by Gasteiger charge is -2.31. The van der Waals surface area contributed by atoms with Crippen LogP contribution in [0.1, 0.15) is 24.0 Å². The molecule has 3 rings (SSSR count). The number of hydrogen-bond donors (Lipinski definition) is 1. The zero-order valence-electron chi connectivity index (χ0n) is 14.4. The van der Waals surface area contributed by atoms with Crippen molar-refractivity contribution in [3.05, 3.63) is 69.5 Å². The van der Waals surface area contributed by atoms with Gasteiger partial charge >= 0.3 is 0 Å². The first-order valence-corrected chi connectivity index (χ1v) is 9.46. The van der Waals surface area contributed by atoms with Gasteiger partial charge in [0.25, 0.3) is 0 Å². The standard InChI is InChI=1S/C20H21Cl2FN2O/c21-17-6-5-16(18(22)11-17)13-25-9-7-14(8-10-25)20(26)24-12-15-3-1-2-4-19(15)23/h1-6,11,14H,7-10,12-13H2,(H,24,26). The van der Waals surface area contributed by atoms with Crippen molar-refractivity contribution < 1.29 is 9.18 Å². The van der Waals surface area contributed by atoms with Gasteiger partial charge in [-0.3, -0.25) is 9.69 Å². The van der Waals surface area contributed by atoms with Gasteiger partial charge in [-0.1, -0.05) is 47.5 Å². The summed E-state index contributed by atoms with van der Waals surface area (Å²) in [4.78, 5) is 14.6. The van der Waals surface area contributed by atoms with Crippen LogP contribution in [0.25, 0.3) is 0 Å². The van der Waals surface area contributed by atoms with Crippen LogP contribution < -0.4 is 5.32 Å². The number of benzene rings is 2. The van der Waals surface area contributed by atoms with Crippen molar-refractivity contribution in [3.63, 3.8) is 0 Å². The Morgan fingerprint density at radius 1 is 1.12 bits per heavy atom. The number of piperidine rings is 1. The SMILES string of the molecule is O=C(NCc1ccccc1F)C1CCN(Cc2ccc(Cl)cc2Cl)CC1. The number of amides is 1. The van der Waals surface area contributed by atoms with Gasteiger partial charge in [-0.2, -0.15) is 0 Å². The van der Waals surface area contributed by atoms with Gasteiger partial charge in [-0.15, -0.1) is 0 Å². The monoisotopic (exact) mass is 394 g/mol. The first-order valence-electron chi connectivity index (χ1n) is 8.70. The van der Waals surface area contributed by atoms with Crippen molar-refractivity contribution in [2.75, 3.05) is 13.1 Å². The van der Waals surface area contributed by atoms with Crippen LogP contribution in [-0.4, -0.2) is 23.9 Å². The second-order valence-electron chi connectivity index (χ2n) is 6.60. The Morgan fingerprint density at radius 2 is 1.85 bits per heavy atom. The van der Waals surface area contributed by atoms with Crippen LogP contribution in [0.4, 0.5) is 4.39 Å². The van der Waals surface area contributed by atoms with Gasteiger partial charge in [0.05, 0.1) is 0 Å². The Labute approximate surface area is 163 Å². The minimum absolute atomic E-state index is 0.00238. The van der Waals surface area contributed by atoms with Crippen LogP contribution in [-0.2, 0) is 17.9 Å². The maximum Gasteiger partial charge on any atom is 0.223 e. The quantitative estimate of drug-likeness (QED) is 0.799. The number of carbonyl (C=O) groups is 1. The molecule has 0 unspecified atom stereocenters. The molecule has 2 aromatic carbocycles. The molecule has 1 heterocycles. The molecule has 0 atom stereocenters. The van der Waals surface area contributed by atoms with E-state index in [-0.39, 0.29) is 24.2 Å². The summed E-state index contributed by atoms with van der Waals surface area (Å²) in [7, 11) is 0. The maximum absolute atomic E-state index is 13.6. The van der Waals surface area contributed by atoms with Crippen molar-refractivity contribution in [3.8, 4) is 0 Å². The molecule has 1 amide bonds. The van der Waals surface area contributed by atoms with E-state index in [1.165, 1.54) is 6.07 Å². The van der Waals surface area contributed by atoms with E-state index in [1.54, 1.807) is 24.3 Å². The molecule has 138 valence electrons. The van der Waals surface area contributed by atoms with Gasteiger partial charge in [0.1, 0.15) is 5.82 Å². The predicted octanol–water partition coefficient (Wildman–Crippen LogP) is 4.66. The first kappa shape index (κ1) is 19.2. The summed E-state index contributed by atoms with van der Waals surface area (Å²) in [6, 6.07) is 12.0. The fourth-order valence-electron chi connectivity index (χ4n) is 3.21. The van der Waals surface area contributed by atoms with Gasteiger partial charge in [-0.25, -0.2) is 4.39 Å². The normalized spacial score (nSPS) is 15.8. The van der Waals surface area contributed by atoms with E-state index in [9.17, 15) is 9.18 Å². The minimum Gasteiger partial charge on any atom is -0.352 e. The van der Waals surface area contributed by atoms with Crippen LogP contribution in [0.15, 0.2) is 42.5 Å². The number of rotatable bonds is 5. The Morgan fingerprint density at radius 3 is 2.54 bits per heavy atom. The number of nitrogens with zero attached hydrogens (tertiary/aromatic N) is 1. The highest BCUT2D eigenvalue weighted by Crippen LogP contribution is 2.25. The van der Waals surface area contributed by atoms with Crippen LogP contribution in [0.3, 0.4) is 0 Å². The molecule has 26 heavy (non-hydrogen) atoms. The largest absolute Gasteiger partial charge is 0.352 e. The molecule has 1 N–H and O–H groups in total. The molecule has 1 fully saturated rings. The molecule has 0 aromatic heterocycles. The van der Waals surface area contributed by atoms with Crippen molar-refractivity contribution in [1.29, 1.82) is 0 Å². The Bertz CT molecular complexity index is 776. The molecule has 6 heteroatoms. The second-order valence-corrected chi connectivity index (χ2v) is 7.44. The zero-order valence-corrected chi connectivity index (χ0v) is 15.9. The summed E-state index contributed by atoms with van der Waals surface area (Å²) in [5, 5.41) is 4.15. The van der Waals surface area contributed by atoms with Crippen LogP contribution >= 0.6 is 23.2 Å². The summed E-state index contributed by atoms with van der Waals surface area (Å²) in [5.41, 5.74) is 1.55. The van der Waals surface area contributed by atoms with Gasteiger partial charge in [0.15, 0.2) is 0 Å². The van der Waals surface area contributed by atoms with Crippen LogP contribution in [0, 0.1) is 11.7 Å². The average Bonchev–Trinajstić information content (AvgIpc) is 2.64. The van der Waals surface area contributed by atoms with E-state index in [0.717, 1.165) is 38.0 Å². The third-order valence-corrected chi connectivity index (χ3v) is 5.37. The summed E-state index contributed by atoms with van der Waals surface area (Å²) in [5.74, 6) is -0.321. The Hall–Kier alpha value is -1.62. The smallest absolute Gasteiger partial charge is 0.223 e. The van der Waals surface area contributed by atoms with E-state index in [2.05, 4.69) is 10.2 Å². The third kappa shape index (κ3) is 4.97. The molecule has 0 aliphatic carbocycles. The molecular weight excluding hydrogens is 374 g/mol. The summed E-state index contributed by atoms with van der Waals surface area (Å²) < 4.78 is 13.6. The highest BCUT2D eigenvalue weighted by atomic mass is 35.5. The molecule has 0 saturated carbocycles. The van der Waals surface area contributed by atoms with Gasteiger partial charge < -0.3 is 5.32 Å². The maximum atomic E-state index is 13.6. The predicted molar refractivity (Wildman–Crippen MR) is 103 cm³/mol. The molecule has 1 saturated heterocycles.